The van der Waals surface area contributed by atoms with E-state index >= 15 is 0 Å². The van der Waals surface area contributed by atoms with Gasteiger partial charge in [0.25, 0.3) is 0 Å². The summed E-state index contributed by atoms with van der Waals surface area (Å²) in [5, 5.41) is 0. The number of hydrogen-bond donors (Lipinski definition) is 0. The number of piperidine rings is 3. The summed E-state index contributed by atoms with van der Waals surface area (Å²) >= 11 is 0. The van der Waals surface area contributed by atoms with Crippen molar-refractivity contribution in [3.8, 4) is 0 Å². The molecule has 0 atom stereocenters. The third-order valence-corrected chi connectivity index (χ3v) is 2.84. The number of hydrogen-bond acceptors (Lipinski definition) is 3. The van der Waals surface area contributed by atoms with Crippen LogP contribution in [-0.4, -0.2) is 42.8 Å². The quantitative estimate of drug-likeness (QED) is 0.554. The molecule has 0 aliphatic carbocycles. The Balaban J connectivity index is 2.23. The van der Waals surface area contributed by atoms with Crippen LogP contribution in [0.15, 0.2) is 11.9 Å². The molecule has 0 amide bonds. The second kappa shape index (κ2) is 3.05. The summed E-state index contributed by atoms with van der Waals surface area (Å²) in [5.41, 5.74) is 0.924. The highest BCUT2D eigenvalue weighted by molar-refractivity contribution is 5.98. The Hall–Kier alpha value is -0.990. The first-order valence-electron chi connectivity index (χ1n) is 4.86. The second-order valence-electron chi connectivity index (χ2n) is 4.10. The molecule has 0 N–H and O–H groups in total. The predicted molar refractivity (Wildman–Crippen MR) is 51.1 cm³/mol. The van der Waals surface area contributed by atoms with Gasteiger partial charge >= 0.3 is 0 Å². The van der Waals surface area contributed by atoms with Crippen molar-refractivity contribution < 1.29 is 4.79 Å². The number of Topliss-reactive ketones (excluding diaryl/α,β-unsaturated/α-hetero) is 1. The van der Waals surface area contributed by atoms with Gasteiger partial charge < -0.3 is 9.80 Å². The lowest BCUT2D eigenvalue weighted by Crippen LogP contribution is -2.46. The van der Waals surface area contributed by atoms with Crippen LogP contribution in [0.4, 0.5) is 0 Å². The molecule has 3 aliphatic heterocycles. The molecule has 0 saturated carbocycles. The van der Waals surface area contributed by atoms with Crippen molar-refractivity contribution in [2.45, 2.75) is 12.8 Å². The van der Waals surface area contributed by atoms with E-state index in [0.717, 1.165) is 31.6 Å². The Morgan fingerprint density at radius 1 is 1.38 bits per heavy atom. The van der Waals surface area contributed by atoms with E-state index in [1.807, 2.05) is 25.2 Å². The molecule has 3 heteroatoms. The van der Waals surface area contributed by atoms with Gasteiger partial charge in [-0.05, 0) is 12.8 Å². The standard InChI is InChI=1S/C10H16N2O/c1-11(2)7-9-10(13)8-3-5-12(9)6-4-8/h7-8H,3-6H2,1-2H3. The SMILES string of the molecule is CN(C)C=C1C(=O)C2CCN1CC2. The molecule has 3 saturated heterocycles. The van der Waals surface area contributed by atoms with Crippen molar-refractivity contribution in [3.05, 3.63) is 11.9 Å². The van der Waals surface area contributed by atoms with Crippen LogP contribution in [0.5, 0.6) is 0 Å². The van der Waals surface area contributed by atoms with Crippen LogP contribution in [0.3, 0.4) is 0 Å². The predicted octanol–water partition coefficient (Wildman–Crippen LogP) is 0.684. The molecular weight excluding hydrogens is 164 g/mol. The van der Waals surface area contributed by atoms with Crippen LogP contribution >= 0.6 is 0 Å². The van der Waals surface area contributed by atoms with Gasteiger partial charge in [0, 0.05) is 39.3 Å². The fourth-order valence-electron chi connectivity index (χ4n) is 2.14. The largest absolute Gasteiger partial charge is 0.382 e. The molecule has 13 heavy (non-hydrogen) atoms. The summed E-state index contributed by atoms with van der Waals surface area (Å²) in [6.45, 7) is 2.13. The van der Waals surface area contributed by atoms with E-state index in [-0.39, 0.29) is 0 Å². The summed E-state index contributed by atoms with van der Waals surface area (Å²) in [7, 11) is 3.92. The molecule has 0 spiro atoms. The highest BCUT2D eigenvalue weighted by Crippen LogP contribution is 2.31. The Bertz CT molecular complexity index is 250. The first kappa shape index (κ1) is 8.60. The third-order valence-electron chi connectivity index (χ3n) is 2.84. The third kappa shape index (κ3) is 1.43. The van der Waals surface area contributed by atoms with Crippen molar-refractivity contribution >= 4 is 5.78 Å². The highest BCUT2D eigenvalue weighted by atomic mass is 16.1. The number of ketones is 1. The minimum atomic E-state index is 0.316. The van der Waals surface area contributed by atoms with E-state index < -0.39 is 0 Å². The molecule has 0 aromatic rings. The van der Waals surface area contributed by atoms with Crippen molar-refractivity contribution in [2.75, 3.05) is 27.2 Å². The van der Waals surface area contributed by atoms with Gasteiger partial charge in [-0.2, -0.15) is 0 Å². The maximum absolute atomic E-state index is 11.8. The Morgan fingerprint density at radius 3 is 2.46 bits per heavy atom. The summed E-state index contributed by atoms with van der Waals surface area (Å²) in [6, 6.07) is 0. The van der Waals surface area contributed by atoms with Crippen LogP contribution < -0.4 is 0 Å². The molecular formula is C10H16N2O. The number of rotatable bonds is 1. The minimum absolute atomic E-state index is 0.316. The molecule has 0 radical (unpaired) electrons. The van der Waals surface area contributed by atoms with Gasteiger partial charge in [0.15, 0.2) is 5.78 Å². The molecule has 0 aromatic carbocycles. The number of carbonyl (C=O) groups is 1. The molecule has 3 nitrogen and oxygen atoms in total. The van der Waals surface area contributed by atoms with Crippen molar-refractivity contribution in [2.24, 2.45) is 5.92 Å². The normalized spacial score (nSPS) is 25.8. The van der Waals surface area contributed by atoms with Crippen LogP contribution in [-0.2, 0) is 4.79 Å². The van der Waals surface area contributed by atoms with Crippen molar-refractivity contribution in [1.29, 1.82) is 0 Å². The lowest BCUT2D eigenvalue weighted by atomic mass is 9.85. The van der Waals surface area contributed by atoms with E-state index in [1.165, 1.54) is 0 Å². The average molecular weight is 180 g/mol. The van der Waals surface area contributed by atoms with Crippen LogP contribution in [0, 0.1) is 5.92 Å². The van der Waals surface area contributed by atoms with E-state index in [9.17, 15) is 4.79 Å². The van der Waals surface area contributed by atoms with E-state index in [4.69, 9.17) is 0 Å². The molecule has 0 aromatic heterocycles. The second-order valence-corrected chi connectivity index (χ2v) is 4.10. The van der Waals surface area contributed by atoms with Crippen molar-refractivity contribution in [1.82, 2.24) is 9.80 Å². The fourth-order valence-corrected chi connectivity index (χ4v) is 2.14. The molecule has 0 unspecified atom stereocenters. The maximum Gasteiger partial charge on any atom is 0.183 e. The van der Waals surface area contributed by atoms with E-state index in [0.29, 0.717) is 11.7 Å². The van der Waals surface area contributed by atoms with Gasteiger partial charge in [-0.15, -0.1) is 0 Å². The first-order chi connectivity index (χ1) is 6.18. The number of fused-ring (bicyclic) bond motifs is 3. The average Bonchev–Trinajstić information content (AvgIpc) is 2.11. The topological polar surface area (TPSA) is 23.6 Å². The summed E-state index contributed by atoms with van der Waals surface area (Å²) < 4.78 is 0. The summed E-state index contributed by atoms with van der Waals surface area (Å²) in [5.74, 6) is 0.669. The maximum atomic E-state index is 11.8. The van der Waals surface area contributed by atoms with Crippen LogP contribution in [0.1, 0.15) is 12.8 Å². The Labute approximate surface area is 79.0 Å². The Kier molecular flexibility index (Phi) is 2.02. The monoisotopic (exact) mass is 180 g/mol. The fraction of sp³-hybridized carbons (Fsp3) is 0.700. The van der Waals surface area contributed by atoms with Crippen molar-refractivity contribution in [3.63, 3.8) is 0 Å². The lowest BCUT2D eigenvalue weighted by Gasteiger charge is -2.41. The van der Waals surface area contributed by atoms with Crippen LogP contribution in [0.25, 0.3) is 0 Å². The molecule has 2 bridgehead atoms. The first-order valence-corrected chi connectivity index (χ1v) is 4.86. The van der Waals surface area contributed by atoms with Gasteiger partial charge in [-0.3, -0.25) is 4.79 Å². The summed E-state index contributed by atoms with van der Waals surface area (Å²) in [6.07, 6.45) is 4.07. The number of carbonyl (C=O) groups excluding carboxylic acids is 1. The molecule has 72 valence electrons. The zero-order chi connectivity index (χ0) is 9.42. The molecule has 3 rings (SSSR count). The zero-order valence-corrected chi connectivity index (χ0v) is 8.29. The van der Waals surface area contributed by atoms with E-state index in [1.54, 1.807) is 0 Å². The smallest absolute Gasteiger partial charge is 0.183 e. The van der Waals surface area contributed by atoms with Crippen LogP contribution in [0.2, 0.25) is 0 Å². The van der Waals surface area contributed by atoms with Gasteiger partial charge in [-0.1, -0.05) is 0 Å². The Morgan fingerprint density at radius 2 is 2.00 bits per heavy atom. The molecule has 3 heterocycles. The molecule has 3 aliphatic rings. The lowest BCUT2D eigenvalue weighted by molar-refractivity contribution is -0.125. The van der Waals surface area contributed by atoms with Gasteiger partial charge in [-0.25, -0.2) is 0 Å². The van der Waals surface area contributed by atoms with Gasteiger partial charge in [0.05, 0.1) is 5.70 Å². The van der Waals surface area contributed by atoms with E-state index in [2.05, 4.69) is 4.90 Å². The molecule has 3 fully saturated rings. The highest BCUT2D eigenvalue weighted by Gasteiger charge is 2.36. The number of nitrogens with zero attached hydrogens (tertiary/aromatic N) is 2. The summed E-state index contributed by atoms with van der Waals surface area (Å²) in [4.78, 5) is 15.9. The minimum Gasteiger partial charge on any atom is -0.382 e. The van der Waals surface area contributed by atoms with Gasteiger partial charge in [0.1, 0.15) is 0 Å². The number of allylic oxidation sites excluding steroid dienone is 1. The zero-order valence-electron chi connectivity index (χ0n) is 8.29. The van der Waals surface area contributed by atoms with Gasteiger partial charge in [0.2, 0.25) is 0 Å².